The van der Waals surface area contributed by atoms with Crippen LogP contribution in [-0.4, -0.2) is 8.07 Å². The highest BCUT2D eigenvalue weighted by molar-refractivity contribution is 7.16. The van der Waals surface area contributed by atoms with Gasteiger partial charge >= 0.3 is 0 Å². The molecule has 152 valence electrons. The summed E-state index contributed by atoms with van der Waals surface area (Å²) in [5.41, 5.74) is 5.53. The lowest BCUT2D eigenvalue weighted by Crippen LogP contribution is -2.69. The molecule has 0 amide bonds. The molecule has 0 spiro atoms. The number of benzene rings is 3. The molecule has 3 aromatic rings. The summed E-state index contributed by atoms with van der Waals surface area (Å²) in [7, 11) is -2.42. The maximum Gasteiger partial charge on any atom is 0.179 e. The average molecular weight is 409 g/mol. The molecule has 1 aliphatic rings. The van der Waals surface area contributed by atoms with E-state index in [4.69, 9.17) is 0 Å². The zero-order chi connectivity index (χ0) is 21.3. The van der Waals surface area contributed by atoms with Crippen LogP contribution in [0.15, 0.2) is 95.7 Å². The molecule has 0 nitrogen and oxygen atoms in total. The minimum absolute atomic E-state index is 0.519. The maximum atomic E-state index is 2.52. The van der Waals surface area contributed by atoms with Crippen molar-refractivity contribution in [2.75, 3.05) is 0 Å². The number of aryl methyl sites for hydroxylation is 3. The molecule has 0 unspecified atom stereocenters. The van der Waals surface area contributed by atoms with Crippen LogP contribution < -0.4 is 15.6 Å². The number of allylic oxidation sites excluding steroid dienone is 4. The van der Waals surface area contributed by atoms with Gasteiger partial charge in [0.1, 0.15) is 0 Å². The van der Waals surface area contributed by atoms with Crippen LogP contribution in [0.5, 0.6) is 0 Å². The molecule has 3 aromatic carbocycles. The highest BCUT2D eigenvalue weighted by Crippen LogP contribution is 2.33. The third-order valence-corrected chi connectivity index (χ3v) is 11.2. The zero-order valence-corrected chi connectivity index (χ0v) is 19.9. The van der Waals surface area contributed by atoms with Gasteiger partial charge in [-0.05, 0) is 59.4 Å². The van der Waals surface area contributed by atoms with Gasteiger partial charge in [-0.1, -0.05) is 115 Å². The topological polar surface area (TPSA) is 0 Å². The van der Waals surface area contributed by atoms with Gasteiger partial charge in [0.25, 0.3) is 0 Å². The van der Waals surface area contributed by atoms with Crippen LogP contribution in [0.2, 0.25) is 0 Å². The Labute approximate surface area is 183 Å². The molecule has 0 saturated carbocycles. The number of hydrogen-bond donors (Lipinski definition) is 0. The largest absolute Gasteiger partial charge is 0.179 e. The van der Waals surface area contributed by atoms with E-state index in [0.29, 0.717) is 5.92 Å². The van der Waals surface area contributed by atoms with E-state index >= 15 is 0 Å². The molecule has 4 rings (SSSR count). The maximum absolute atomic E-state index is 2.52. The number of rotatable bonds is 5. The van der Waals surface area contributed by atoms with Crippen LogP contribution in [0, 0.1) is 26.7 Å². The minimum Gasteiger partial charge on any atom is -0.0801 e. The van der Waals surface area contributed by atoms with Crippen molar-refractivity contribution in [3.8, 4) is 0 Å². The lowest BCUT2D eigenvalue weighted by atomic mass is 10.1. The van der Waals surface area contributed by atoms with E-state index in [0.717, 1.165) is 6.42 Å². The summed E-state index contributed by atoms with van der Waals surface area (Å²) >= 11 is 0. The second-order valence-corrected chi connectivity index (χ2v) is 12.8. The van der Waals surface area contributed by atoms with Gasteiger partial charge in [0, 0.05) is 0 Å². The predicted octanol–water partition coefficient (Wildman–Crippen LogP) is 5.53. The van der Waals surface area contributed by atoms with Gasteiger partial charge in [-0.25, -0.2) is 0 Å². The Hall–Kier alpha value is -2.64. The highest BCUT2D eigenvalue weighted by Gasteiger charge is 2.45. The third-order valence-electron chi connectivity index (χ3n) is 6.35. The van der Waals surface area contributed by atoms with Crippen LogP contribution in [0.3, 0.4) is 0 Å². The molecule has 1 heteroatoms. The van der Waals surface area contributed by atoms with Gasteiger partial charge in [-0.2, -0.15) is 0 Å². The fourth-order valence-corrected chi connectivity index (χ4v) is 10.6. The fourth-order valence-electron chi connectivity index (χ4n) is 5.05. The first-order valence-electron chi connectivity index (χ1n) is 11.1. The molecule has 0 fully saturated rings. The summed E-state index contributed by atoms with van der Waals surface area (Å²) in [6.45, 7) is 11.3. The molecule has 0 aromatic heterocycles. The van der Waals surface area contributed by atoms with Gasteiger partial charge in [-0.3, -0.25) is 0 Å². The smallest absolute Gasteiger partial charge is 0.0801 e. The summed E-state index contributed by atoms with van der Waals surface area (Å²) in [6, 6.07) is 27.8. The molecular formula is C29H32Si. The van der Waals surface area contributed by atoms with E-state index in [9.17, 15) is 0 Å². The Balaban J connectivity index is 2.15. The molecule has 0 N–H and O–H groups in total. The molecule has 0 aliphatic heterocycles. The molecule has 0 bridgehead atoms. The van der Waals surface area contributed by atoms with E-state index in [1.807, 2.05) is 0 Å². The Kier molecular flexibility index (Phi) is 5.66. The first-order valence-corrected chi connectivity index (χ1v) is 13.1. The molecular weight excluding hydrogens is 376 g/mol. The van der Waals surface area contributed by atoms with Crippen LogP contribution in [0.4, 0.5) is 0 Å². The van der Waals surface area contributed by atoms with Gasteiger partial charge in [0.15, 0.2) is 8.07 Å². The summed E-state index contributed by atoms with van der Waals surface area (Å²) in [5, 5.41) is 6.04. The molecule has 0 heterocycles. The van der Waals surface area contributed by atoms with E-state index in [1.54, 1.807) is 5.20 Å². The summed E-state index contributed by atoms with van der Waals surface area (Å²) in [5.74, 6) is 0.519. The molecule has 1 aliphatic carbocycles. The average Bonchev–Trinajstić information content (AvgIpc) is 3.19. The molecule has 30 heavy (non-hydrogen) atoms. The van der Waals surface area contributed by atoms with Crippen LogP contribution in [0.25, 0.3) is 0 Å². The molecule has 0 radical (unpaired) electrons. The van der Waals surface area contributed by atoms with Crippen LogP contribution >= 0.6 is 0 Å². The highest BCUT2D eigenvalue weighted by atomic mass is 28.3. The van der Waals surface area contributed by atoms with Crippen molar-refractivity contribution in [3.63, 3.8) is 0 Å². The first kappa shape index (κ1) is 20.6. The Bertz CT molecular complexity index is 1020. The van der Waals surface area contributed by atoms with Crippen molar-refractivity contribution in [2.45, 2.75) is 41.0 Å². The van der Waals surface area contributed by atoms with Crippen molar-refractivity contribution in [1.29, 1.82) is 0 Å². The second kappa shape index (κ2) is 8.24. The summed E-state index contributed by atoms with van der Waals surface area (Å²) in [4.78, 5) is 0. The Morgan fingerprint density at radius 2 is 1.07 bits per heavy atom. The summed E-state index contributed by atoms with van der Waals surface area (Å²) in [6.07, 6.45) is 6.03. The zero-order valence-electron chi connectivity index (χ0n) is 18.9. The standard InChI is InChI=1S/C29H32Si/c1-21(2)28-16-9-17-29(28)30(25-13-6-10-22(3)18-25,26-14-7-11-23(4)19-26)27-15-8-12-24(5)20-27/h6-8,10-21H,9H2,1-5H3. The summed E-state index contributed by atoms with van der Waals surface area (Å²) < 4.78 is 0. The van der Waals surface area contributed by atoms with Crippen molar-refractivity contribution in [1.82, 2.24) is 0 Å². The van der Waals surface area contributed by atoms with E-state index in [2.05, 4.69) is 120 Å². The van der Waals surface area contributed by atoms with Crippen molar-refractivity contribution >= 4 is 23.6 Å². The predicted molar refractivity (Wildman–Crippen MR) is 134 cm³/mol. The van der Waals surface area contributed by atoms with Gasteiger partial charge < -0.3 is 0 Å². The lowest BCUT2D eigenvalue weighted by Gasteiger charge is -2.38. The Morgan fingerprint density at radius 1 is 0.633 bits per heavy atom. The van der Waals surface area contributed by atoms with Gasteiger partial charge in [-0.15, -0.1) is 0 Å². The quantitative estimate of drug-likeness (QED) is 0.384. The van der Waals surface area contributed by atoms with Crippen molar-refractivity contribution < 1.29 is 0 Å². The normalized spacial score (nSPS) is 14.1. The monoisotopic (exact) mass is 408 g/mol. The van der Waals surface area contributed by atoms with Crippen molar-refractivity contribution in [3.05, 3.63) is 112 Å². The van der Waals surface area contributed by atoms with E-state index < -0.39 is 8.07 Å². The first-order chi connectivity index (χ1) is 14.4. The van der Waals surface area contributed by atoms with E-state index in [1.165, 1.54) is 37.8 Å². The number of hydrogen-bond acceptors (Lipinski definition) is 0. The molecule has 0 atom stereocenters. The van der Waals surface area contributed by atoms with Gasteiger partial charge in [0.05, 0.1) is 0 Å². The minimum atomic E-state index is -2.42. The van der Waals surface area contributed by atoms with Crippen LogP contribution in [0.1, 0.15) is 37.0 Å². The van der Waals surface area contributed by atoms with Gasteiger partial charge in [0.2, 0.25) is 0 Å². The SMILES string of the molecule is Cc1cccc([Si](C2=CCC=C2C(C)C)(c2cccc(C)c2)c2cccc(C)c2)c1. The van der Waals surface area contributed by atoms with Crippen molar-refractivity contribution in [2.24, 2.45) is 5.92 Å². The lowest BCUT2D eigenvalue weighted by molar-refractivity contribution is 0.788. The Morgan fingerprint density at radius 3 is 1.43 bits per heavy atom. The second-order valence-electron chi connectivity index (χ2n) is 9.03. The van der Waals surface area contributed by atoms with Crippen LogP contribution in [-0.2, 0) is 0 Å². The third kappa shape index (κ3) is 3.52. The molecule has 0 saturated heterocycles. The fraction of sp³-hybridized carbons (Fsp3) is 0.241. The van der Waals surface area contributed by atoms with E-state index in [-0.39, 0.29) is 0 Å².